The molecule has 2 aromatic rings. The number of allylic oxidation sites excluding steroid dienone is 1. The van der Waals surface area contributed by atoms with Gasteiger partial charge in [0, 0.05) is 25.2 Å². The van der Waals surface area contributed by atoms with E-state index in [0.717, 1.165) is 0 Å². The number of hydrogen-bond acceptors (Lipinski definition) is 5. The number of amides is 1. The molecule has 0 atom stereocenters. The van der Waals surface area contributed by atoms with Gasteiger partial charge in [-0.3, -0.25) is 4.79 Å². The summed E-state index contributed by atoms with van der Waals surface area (Å²) in [6.07, 6.45) is 2.61. The molecule has 0 spiro atoms. The largest absolute Gasteiger partial charge is 0.465 e. The fourth-order valence-corrected chi connectivity index (χ4v) is 2.38. The molecule has 1 aromatic heterocycles. The SMILES string of the molecule is CCN(CC)C(=O)Oc1ccc2c(c1)OC(=Cc1ccco1)C2=O. The van der Waals surface area contributed by atoms with E-state index in [1.165, 1.54) is 18.4 Å². The summed E-state index contributed by atoms with van der Waals surface area (Å²) >= 11 is 0. The van der Waals surface area contributed by atoms with Crippen LogP contribution in [0, 0.1) is 0 Å². The smallest absolute Gasteiger partial charge is 0.415 e. The van der Waals surface area contributed by atoms with Gasteiger partial charge < -0.3 is 18.8 Å². The summed E-state index contributed by atoms with van der Waals surface area (Å²) in [5.74, 6) is 1.16. The molecular weight excluding hydrogens is 310 g/mol. The summed E-state index contributed by atoms with van der Waals surface area (Å²) in [7, 11) is 0. The van der Waals surface area contributed by atoms with Crippen molar-refractivity contribution in [1.29, 1.82) is 0 Å². The van der Waals surface area contributed by atoms with Crippen molar-refractivity contribution in [3.8, 4) is 11.5 Å². The average molecular weight is 327 g/mol. The van der Waals surface area contributed by atoms with Gasteiger partial charge in [0.15, 0.2) is 5.76 Å². The van der Waals surface area contributed by atoms with Crippen LogP contribution in [0.4, 0.5) is 4.79 Å². The first kappa shape index (κ1) is 15.9. The summed E-state index contributed by atoms with van der Waals surface area (Å²) < 4.78 is 16.1. The number of carbonyl (C=O) groups is 2. The number of benzene rings is 1. The van der Waals surface area contributed by atoms with Crippen molar-refractivity contribution in [3.63, 3.8) is 0 Å². The van der Waals surface area contributed by atoms with Crippen LogP contribution < -0.4 is 9.47 Å². The second kappa shape index (κ2) is 6.62. The van der Waals surface area contributed by atoms with E-state index in [9.17, 15) is 9.59 Å². The number of nitrogens with zero attached hydrogens (tertiary/aromatic N) is 1. The van der Waals surface area contributed by atoms with Gasteiger partial charge >= 0.3 is 6.09 Å². The minimum absolute atomic E-state index is 0.173. The van der Waals surface area contributed by atoms with E-state index in [0.29, 0.717) is 35.9 Å². The van der Waals surface area contributed by atoms with Crippen LogP contribution in [-0.2, 0) is 0 Å². The van der Waals surface area contributed by atoms with Crippen molar-refractivity contribution in [1.82, 2.24) is 4.90 Å². The summed E-state index contributed by atoms with van der Waals surface area (Å²) in [4.78, 5) is 25.9. The zero-order valence-electron chi connectivity index (χ0n) is 13.4. The van der Waals surface area contributed by atoms with E-state index in [2.05, 4.69) is 0 Å². The highest BCUT2D eigenvalue weighted by molar-refractivity contribution is 6.14. The third kappa shape index (κ3) is 3.03. The molecule has 0 radical (unpaired) electrons. The maximum absolute atomic E-state index is 12.3. The minimum atomic E-state index is -0.435. The molecule has 24 heavy (non-hydrogen) atoms. The van der Waals surface area contributed by atoms with Crippen LogP contribution in [0.2, 0.25) is 0 Å². The third-order valence-corrected chi connectivity index (χ3v) is 3.68. The highest BCUT2D eigenvalue weighted by Gasteiger charge is 2.28. The lowest BCUT2D eigenvalue weighted by Crippen LogP contribution is -2.33. The number of ether oxygens (including phenoxy) is 2. The molecule has 3 rings (SSSR count). The average Bonchev–Trinajstić information content (AvgIpc) is 3.18. The van der Waals surface area contributed by atoms with Crippen LogP contribution in [-0.4, -0.2) is 29.9 Å². The van der Waals surface area contributed by atoms with Crippen LogP contribution in [0.15, 0.2) is 46.8 Å². The van der Waals surface area contributed by atoms with Crippen molar-refractivity contribution in [2.75, 3.05) is 13.1 Å². The second-order valence-electron chi connectivity index (χ2n) is 5.15. The van der Waals surface area contributed by atoms with E-state index in [1.807, 2.05) is 13.8 Å². The Bertz CT molecular complexity index is 788. The third-order valence-electron chi connectivity index (χ3n) is 3.68. The van der Waals surface area contributed by atoms with Crippen molar-refractivity contribution in [3.05, 3.63) is 53.7 Å². The lowest BCUT2D eigenvalue weighted by atomic mass is 10.1. The molecule has 6 nitrogen and oxygen atoms in total. The Morgan fingerprint density at radius 3 is 2.71 bits per heavy atom. The lowest BCUT2D eigenvalue weighted by molar-refractivity contribution is 0.101. The molecule has 6 heteroatoms. The normalized spacial score (nSPS) is 14.4. The molecule has 0 fully saturated rings. The van der Waals surface area contributed by atoms with Gasteiger partial charge in [0.1, 0.15) is 17.3 Å². The van der Waals surface area contributed by atoms with Gasteiger partial charge in [-0.05, 0) is 38.1 Å². The number of hydrogen-bond donors (Lipinski definition) is 0. The molecule has 0 saturated heterocycles. The number of carbonyl (C=O) groups excluding carboxylic acids is 2. The molecule has 1 aliphatic rings. The minimum Gasteiger partial charge on any atom is -0.465 e. The summed E-state index contributed by atoms with van der Waals surface area (Å²) in [5.41, 5.74) is 0.426. The van der Waals surface area contributed by atoms with Crippen LogP contribution >= 0.6 is 0 Å². The topological polar surface area (TPSA) is 69.0 Å². The highest BCUT2D eigenvalue weighted by Crippen LogP contribution is 2.35. The Kier molecular flexibility index (Phi) is 4.37. The highest BCUT2D eigenvalue weighted by atomic mass is 16.6. The zero-order valence-corrected chi connectivity index (χ0v) is 13.4. The molecule has 0 saturated carbocycles. The molecule has 0 bridgehead atoms. The molecule has 0 unspecified atom stereocenters. The molecular formula is C18H17NO5. The van der Waals surface area contributed by atoms with Gasteiger partial charge in [-0.15, -0.1) is 0 Å². The van der Waals surface area contributed by atoms with E-state index >= 15 is 0 Å². The van der Waals surface area contributed by atoms with Crippen molar-refractivity contribution in [2.24, 2.45) is 0 Å². The van der Waals surface area contributed by atoms with E-state index in [4.69, 9.17) is 13.9 Å². The van der Waals surface area contributed by atoms with Gasteiger partial charge in [-0.2, -0.15) is 0 Å². The Labute approximate surface area is 139 Å². The summed E-state index contributed by atoms with van der Waals surface area (Å²) in [6.45, 7) is 4.87. The molecule has 2 heterocycles. The van der Waals surface area contributed by atoms with E-state index in [1.54, 1.807) is 29.2 Å². The first-order chi connectivity index (χ1) is 11.6. The van der Waals surface area contributed by atoms with Crippen LogP contribution in [0.5, 0.6) is 11.5 Å². The van der Waals surface area contributed by atoms with E-state index in [-0.39, 0.29) is 11.5 Å². The number of furan rings is 1. The number of ketones is 1. The van der Waals surface area contributed by atoms with Gasteiger partial charge in [0.05, 0.1) is 11.8 Å². The number of fused-ring (bicyclic) bond motifs is 1. The fourth-order valence-electron chi connectivity index (χ4n) is 2.38. The van der Waals surface area contributed by atoms with Gasteiger partial charge in [-0.25, -0.2) is 4.79 Å². The van der Waals surface area contributed by atoms with Crippen LogP contribution in [0.3, 0.4) is 0 Å². The first-order valence-electron chi connectivity index (χ1n) is 7.71. The standard InChI is InChI=1S/C18H17NO5/c1-3-19(4-2)18(21)23-13-7-8-14-15(11-13)24-16(17(14)20)10-12-6-5-9-22-12/h5-11H,3-4H2,1-2H3. The Balaban J connectivity index is 1.79. The van der Waals surface area contributed by atoms with Gasteiger partial charge in [-0.1, -0.05) is 0 Å². The Hall–Kier alpha value is -3.02. The quantitative estimate of drug-likeness (QED) is 0.800. The maximum atomic E-state index is 12.3. The second-order valence-corrected chi connectivity index (χ2v) is 5.15. The molecule has 0 aliphatic carbocycles. The van der Waals surface area contributed by atoms with Crippen molar-refractivity contribution < 1.29 is 23.5 Å². The number of Topliss-reactive ketones (excluding diaryl/α,β-unsaturated/α-hetero) is 1. The maximum Gasteiger partial charge on any atom is 0.415 e. The van der Waals surface area contributed by atoms with Gasteiger partial charge in [0.2, 0.25) is 5.78 Å². The Morgan fingerprint density at radius 2 is 2.04 bits per heavy atom. The van der Waals surface area contributed by atoms with Crippen LogP contribution in [0.25, 0.3) is 6.08 Å². The lowest BCUT2D eigenvalue weighted by Gasteiger charge is -2.17. The van der Waals surface area contributed by atoms with E-state index < -0.39 is 6.09 Å². The molecule has 1 aliphatic heterocycles. The molecule has 1 aromatic carbocycles. The summed E-state index contributed by atoms with van der Waals surface area (Å²) in [5, 5.41) is 0. The predicted octanol–water partition coefficient (Wildman–Crippen LogP) is 3.74. The zero-order chi connectivity index (χ0) is 17.1. The molecule has 0 N–H and O–H groups in total. The predicted molar refractivity (Wildman–Crippen MR) is 87.0 cm³/mol. The fraction of sp³-hybridized carbons (Fsp3) is 0.222. The van der Waals surface area contributed by atoms with Gasteiger partial charge in [0.25, 0.3) is 0 Å². The first-order valence-corrected chi connectivity index (χ1v) is 7.71. The number of rotatable bonds is 4. The molecule has 124 valence electrons. The Morgan fingerprint density at radius 1 is 1.25 bits per heavy atom. The monoisotopic (exact) mass is 327 g/mol. The summed E-state index contributed by atoms with van der Waals surface area (Å²) in [6, 6.07) is 8.16. The van der Waals surface area contributed by atoms with Crippen molar-refractivity contribution in [2.45, 2.75) is 13.8 Å². The van der Waals surface area contributed by atoms with Crippen LogP contribution in [0.1, 0.15) is 30.0 Å². The van der Waals surface area contributed by atoms with Crippen molar-refractivity contribution >= 4 is 18.0 Å². The molecule has 1 amide bonds.